The van der Waals surface area contributed by atoms with Crippen molar-refractivity contribution >= 4 is 6.21 Å². The van der Waals surface area contributed by atoms with Crippen LogP contribution in [0.5, 0.6) is 0 Å². The molecule has 0 radical (unpaired) electrons. The van der Waals surface area contributed by atoms with Crippen LogP contribution in [0.4, 0.5) is 0 Å². The maximum absolute atomic E-state index is 6.27. The molecule has 0 saturated heterocycles. The fraction of sp³-hybridized carbons (Fsp3) is 0.400. The Labute approximate surface area is 48.6 Å². The number of hydrogen-bond donors (Lipinski definition) is 1. The van der Waals surface area contributed by atoms with Crippen LogP contribution in [0.3, 0.4) is 0 Å². The van der Waals surface area contributed by atoms with Crippen LogP contribution in [0.1, 0.15) is 13.8 Å². The second kappa shape index (κ2) is 4.18. The Morgan fingerprint density at radius 1 is 1.62 bits per heavy atom. The third kappa shape index (κ3) is 3.21. The molecule has 3 heteroatoms. The molecule has 0 unspecified atom stereocenters. The zero-order valence-corrected chi connectivity index (χ0v) is 5.05. The van der Waals surface area contributed by atoms with Gasteiger partial charge in [-0.25, -0.2) is 0 Å². The molecule has 1 N–H and O–H groups in total. The van der Waals surface area contributed by atoms with Gasteiger partial charge in [0.25, 0.3) is 0 Å². The average Bonchev–Trinajstić information content (AvgIpc) is 1.83. The number of hydrogen-bond acceptors (Lipinski definition) is 2. The molecule has 0 saturated carbocycles. The van der Waals surface area contributed by atoms with Gasteiger partial charge in [0.2, 0.25) is 0 Å². The van der Waals surface area contributed by atoms with E-state index >= 15 is 0 Å². The van der Waals surface area contributed by atoms with Crippen molar-refractivity contribution < 1.29 is 0 Å². The van der Waals surface area contributed by atoms with Crippen LogP contribution < -0.4 is 0 Å². The molecular formula is C5H9N3. The zero-order chi connectivity index (χ0) is 6.41. The lowest BCUT2D eigenvalue weighted by Crippen LogP contribution is -1.71. The molecule has 0 spiro atoms. The number of rotatable bonds is 2. The largest absolute Gasteiger partial charge is 0.185 e. The first-order valence-electron chi connectivity index (χ1n) is 2.34. The van der Waals surface area contributed by atoms with E-state index < -0.39 is 0 Å². The predicted octanol–water partition coefficient (Wildman–Crippen LogP) is 1.97. The van der Waals surface area contributed by atoms with Gasteiger partial charge in [0, 0.05) is 0 Å². The topological polar surface area (TPSA) is 48.6 Å². The molecule has 0 atom stereocenters. The molecule has 0 aromatic rings. The van der Waals surface area contributed by atoms with Crippen molar-refractivity contribution in [2.24, 2.45) is 10.3 Å². The van der Waals surface area contributed by atoms with Crippen molar-refractivity contribution in [3.8, 4) is 0 Å². The van der Waals surface area contributed by atoms with Gasteiger partial charge in [-0.1, -0.05) is 11.3 Å². The van der Waals surface area contributed by atoms with Crippen LogP contribution >= 0.6 is 0 Å². The molecule has 0 fully saturated rings. The van der Waals surface area contributed by atoms with Gasteiger partial charge in [-0.2, -0.15) is 5.53 Å². The summed E-state index contributed by atoms with van der Waals surface area (Å²) in [5.74, 6) is 0. The van der Waals surface area contributed by atoms with Gasteiger partial charge < -0.3 is 0 Å². The molecule has 3 nitrogen and oxygen atoms in total. The molecule has 0 aliphatic rings. The molecule has 0 aromatic heterocycles. The predicted molar refractivity (Wildman–Crippen MR) is 33.1 cm³/mol. The monoisotopic (exact) mass is 111 g/mol. The second-order valence-corrected chi connectivity index (χ2v) is 1.38. The molecule has 0 aromatic carbocycles. The Morgan fingerprint density at radius 3 is 2.62 bits per heavy atom. The van der Waals surface area contributed by atoms with Crippen molar-refractivity contribution in [1.82, 2.24) is 0 Å². The molecular weight excluding hydrogens is 102 g/mol. The van der Waals surface area contributed by atoms with E-state index in [0.717, 1.165) is 5.57 Å². The van der Waals surface area contributed by atoms with Crippen molar-refractivity contribution in [3.05, 3.63) is 11.6 Å². The van der Waals surface area contributed by atoms with E-state index in [0.29, 0.717) is 0 Å². The Balaban J connectivity index is 3.69. The smallest absolute Gasteiger partial charge is 0.0539 e. The first-order valence-corrected chi connectivity index (χ1v) is 2.34. The fourth-order valence-electron chi connectivity index (χ4n) is 0.194. The van der Waals surface area contributed by atoms with Crippen LogP contribution in [0.15, 0.2) is 22.0 Å². The normalized spacial score (nSPS) is 12.5. The summed E-state index contributed by atoms with van der Waals surface area (Å²) in [5.41, 5.74) is 7.29. The van der Waals surface area contributed by atoms with Gasteiger partial charge in [-0.3, -0.25) is 0 Å². The summed E-state index contributed by atoms with van der Waals surface area (Å²) in [7, 11) is 0. The Kier molecular flexibility index (Phi) is 3.66. The minimum Gasteiger partial charge on any atom is -0.185 e. The number of nitrogens with one attached hydrogen (secondary N) is 1. The molecule has 0 aliphatic carbocycles. The van der Waals surface area contributed by atoms with Gasteiger partial charge in [-0.05, 0) is 19.4 Å². The number of nitrogens with zero attached hydrogens (tertiary/aromatic N) is 2. The van der Waals surface area contributed by atoms with Crippen LogP contribution in [-0.2, 0) is 0 Å². The minimum atomic E-state index is 1.01. The molecule has 0 amide bonds. The highest BCUT2D eigenvalue weighted by Crippen LogP contribution is 1.84. The van der Waals surface area contributed by atoms with Gasteiger partial charge in [0.05, 0.1) is 6.21 Å². The van der Waals surface area contributed by atoms with E-state index in [1.54, 1.807) is 0 Å². The Morgan fingerprint density at radius 2 is 2.25 bits per heavy atom. The van der Waals surface area contributed by atoms with Crippen molar-refractivity contribution in [3.63, 3.8) is 0 Å². The summed E-state index contributed by atoms with van der Waals surface area (Å²) >= 11 is 0. The first-order chi connectivity index (χ1) is 3.81. The zero-order valence-electron chi connectivity index (χ0n) is 5.05. The quantitative estimate of drug-likeness (QED) is 0.322. The number of allylic oxidation sites excluding steroid dienone is 2. The highest BCUT2D eigenvalue weighted by Gasteiger charge is 1.73. The fourth-order valence-corrected chi connectivity index (χ4v) is 0.194. The summed E-state index contributed by atoms with van der Waals surface area (Å²) < 4.78 is 0. The van der Waals surface area contributed by atoms with Gasteiger partial charge >= 0.3 is 0 Å². The van der Waals surface area contributed by atoms with Crippen LogP contribution in [0, 0.1) is 5.53 Å². The molecule has 0 heterocycles. The molecule has 0 aliphatic heterocycles. The van der Waals surface area contributed by atoms with Crippen molar-refractivity contribution in [2.75, 3.05) is 0 Å². The molecule has 44 valence electrons. The van der Waals surface area contributed by atoms with E-state index in [2.05, 4.69) is 10.3 Å². The summed E-state index contributed by atoms with van der Waals surface area (Å²) in [4.78, 5) is 0. The lowest BCUT2D eigenvalue weighted by Gasteiger charge is -1.79. The van der Waals surface area contributed by atoms with Crippen molar-refractivity contribution in [2.45, 2.75) is 13.8 Å². The summed E-state index contributed by atoms with van der Waals surface area (Å²) in [6.07, 6.45) is 3.43. The summed E-state index contributed by atoms with van der Waals surface area (Å²) in [6, 6.07) is 0. The van der Waals surface area contributed by atoms with E-state index in [-0.39, 0.29) is 0 Å². The first kappa shape index (κ1) is 7.01. The minimum absolute atomic E-state index is 1.01. The van der Waals surface area contributed by atoms with E-state index in [1.807, 2.05) is 19.9 Å². The van der Waals surface area contributed by atoms with Crippen LogP contribution in [-0.4, -0.2) is 6.21 Å². The lowest BCUT2D eigenvalue weighted by atomic mass is 10.3. The summed E-state index contributed by atoms with van der Waals surface area (Å²) in [6.45, 7) is 3.81. The van der Waals surface area contributed by atoms with E-state index in [4.69, 9.17) is 5.53 Å². The third-order valence-corrected chi connectivity index (χ3v) is 0.774. The Bertz CT molecular complexity index is 124. The highest BCUT2D eigenvalue weighted by atomic mass is 15.3. The third-order valence-electron chi connectivity index (χ3n) is 0.774. The lowest BCUT2D eigenvalue weighted by molar-refractivity contribution is 0.995. The van der Waals surface area contributed by atoms with Crippen LogP contribution in [0.25, 0.3) is 0 Å². The second-order valence-electron chi connectivity index (χ2n) is 1.38. The van der Waals surface area contributed by atoms with Gasteiger partial charge in [0.1, 0.15) is 0 Å². The van der Waals surface area contributed by atoms with Gasteiger partial charge in [-0.15, -0.1) is 5.10 Å². The van der Waals surface area contributed by atoms with Crippen LogP contribution in [0.2, 0.25) is 0 Å². The molecule has 8 heavy (non-hydrogen) atoms. The molecule has 0 rings (SSSR count). The Hall–Kier alpha value is -0.990. The SMILES string of the molecule is C/C=C(C)\C=N\N=N. The summed E-state index contributed by atoms with van der Waals surface area (Å²) in [5, 5.41) is 6.14. The average molecular weight is 111 g/mol. The maximum atomic E-state index is 6.27. The highest BCUT2D eigenvalue weighted by molar-refractivity contribution is 5.77. The van der Waals surface area contributed by atoms with Gasteiger partial charge in [0.15, 0.2) is 0 Å². The van der Waals surface area contributed by atoms with Crippen molar-refractivity contribution in [1.29, 1.82) is 5.53 Å². The van der Waals surface area contributed by atoms with E-state index in [9.17, 15) is 0 Å². The van der Waals surface area contributed by atoms with E-state index in [1.165, 1.54) is 6.21 Å². The maximum Gasteiger partial charge on any atom is 0.0539 e. The molecule has 0 bridgehead atoms. The standard InChI is InChI=1S/C5H9N3/c1-3-5(2)4-7-8-6/h3-4,6H,1-2H3/b5-3-,7-4+,8-6?.